The summed E-state index contributed by atoms with van der Waals surface area (Å²) in [4.78, 5) is 20.5. The molecule has 0 spiro atoms. The predicted octanol–water partition coefficient (Wildman–Crippen LogP) is 7.09. The van der Waals surface area contributed by atoms with Crippen LogP contribution < -0.4 is 10.1 Å². The predicted molar refractivity (Wildman–Crippen MR) is 179 cm³/mol. The van der Waals surface area contributed by atoms with Crippen molar-refractivity contribution in [2.75, 3.05) is 25.5 Å². The topological polar surface area (TPSA) is 122 Å². The van der Waals surface area contributed by atoms with E-state index in [0.717, 1.165) is 22.1 Å². The number of halogens is 2. The number of sulfonamides is 1. The summed E-state index contributed by atoms with van der Waals surface area (Å²) in [5.74, 6) is -0.630. The summed E-state index contributed by atoms with van der Waals surface area (Å²) in [5.41, 5.74) is 3.87. The van der Waals surface area contributed by atoms with Gasteiger partial charge < -0.3 is 15.2 Å². The lowest BCUT2D eigenvalue weighted by atomic mass is 9.84. The summed E-state index contributed by atoms with van der Waals surface area (Å²) in [6.07, 6.45) is 1.08. The summed E-state index contributed by atoms with van der Waals surface area (Å²) in [7, 11) is -2.25. The zero-order valence-electron chi connectivity index (χ0n) is 24.7. The molecule has 12 heteroatoms. The molecule has 236 valence electrons. The molecule has 5 aromatic rings. The van der Waals surface area contributed by atoms with Crippen LogP contribution in [-0.2, 0) is 10.0 Å². The smallest absolute Gasteiger partial charge is 0.335 e. The van der Waals surface area contributed by atoms with E-state index in [0.29, 0.717) is 47.3 Å². The van der Waals surface area contributed by atoms with Gasteiger partial charge in [-0.15, -0.1) is 0 Å². The van der Waals surface area contributed by atoms with Crippen LogP contribution in [0.4, 0.5) is 5.82 Å². The van der Waals surface area contributed by atoms with Gasteiger partial charge in [0.1, 0.15) is 5.82 Å². The molecule has 0 radical (unpaired) electrons. The third kappa shape index (κ3) is 6.66. The Balaban J connectivity index is 1.28. The summed E-state index contributed by atoms with van der Waals surface area (Å²) < 4.78 is 33.4. The standard InChI is InChI=1S/C34H30Cl2N4O5S/c1-45-34-38-30-15-8-24(31(21-2-9-25(35)10-3-21)22-4-11-26(36)12-5-22)20-29(30)32(39-34)37-27-16-18-40(19-17-27)46(43,44)28-13-6-23(7-14-28)33(41)42/h2-15,20,27,31H,16-19H2,1H3,(H,41,42)(H,37,38,39). The number of carboxylic acid groups (broad SMARTS) is 1. The quantitative estimate of drug-likeness (QED) is 0.159. The molecule has 0 unspecified atom stereocenters. The molecule has 9 nitrogen and oxygen atoms in total. The first-order valence-corrected chi connectivity index (χ1v) is 16.8. The number of hydrogen-bond donors (Lipinski definition) is 2. The maximum atomic E-state index is 13.3. The van der Waals surface area contributed by atoms with Crippen molar-refractivity contribution < 1.29 is 23.1 Å². The monoisotopic (exact) mass is 676 g/mol. The molecular formula is C34H30Cl2N4O5S. The van der Waals surface area contributed by atoms with Crippen molar-refractivity contribution in [2.45, 2.75) is 29.7 Å². The maximum Gasteiger partial charge on any atom is 0.335 e. The summed E-state index contributed by atoms with van der Waals surface area (Å²) >= 11 is 12.4. The first-order chi connectivity index (χ1) is 22.1. The van der Waals surface area contributed by atoms with Crippen LogP contribution in [0, 0.1) is 0 Å². The molecule has 4 aromatic carbocycles. The van der Waals surface area contributed by atoms with E-state index in [1.807, 2.05) is 60.7 Å². The van der Waals surface area contributed by atoms with E-state index in [1.54, 1.807) is 0 Å². The summed E-state index contributed by atoms with van der Waals surface area (Å²) in [6, 6.07) is 27.0. The Morgan fingerprint density at radius 1 is 0.870 bits per heavy atom. The minimum atomic E-state index is -3.77. The van der Waals surface area contributed by atoms with E-state index in [1.165, 1.54) is 35.7 Å². The Kier molecular flexibility index (Phi) is 9.15. The van der Waals surface area contributed by atoms with Gasteiger partial charge in [-0.2, -0.15) is 14.3 Å². The molecule has 1 fully saturated rings. The highest BCUT2D eigenvalue weighted by Gasteiger charge is 2.30. The van der Waals surface area contributed by atoms with Gasteiger partial charge in [-0.1, -0.05) is 53.5 Å². The van der Waals surface area contributed by atoms with Crippen LogP contribution >= 0.6 is 23.2 Å². The van der Waals surface area contributed by atoms with E-state index in [2.05, 4.69) is 21.4 Å². The fourth-order valence-electron chi connectivity index (χ4n) is 5.75. The minimum Gasteiger partial charge on any atom is -0.478 e. The number of ether oxygens (including phenoxy) is 1. The average Bonchev–Trinajstić information content (AvgIpc) is 3.07. The number of anilines is 1. The van der Waals surface area contributed by atoms with E-state index in [4.69, 9.17) is 33.0 Å². The van der Waals surface area contributed by atoms with Crippen LogP contribution in [0.2, 0.25) is 10.0 Å². The van der Waals surface area contributed by atoms with Crippen molar-refractivity contribution in [3.8, 4) is 6.01 Å². The van der Waals surface area contributed by atoms with Crippen molar-refractivity contribution in [3.63, 3.8) is 0 Å². The first-order valence-electron chi connectivity index (χ1n) is 14.6. The Bertz CT molecular complexity index is 1940. The fraction of sp³-hybridized carbons (Fsp3) is 0.206. The highest BCUT2D eigenvalue weighted by Crippen LogP contribution is 2.36. The largest absolute Gasteiger partial charge is 0.478 e. The molecule has 1 aliphatic heterocycles. The zero-order chi connectivity index (χ0) is 32.4. The van der Waals surface area contributed by atoms with Gasteiger partial charge in [0.15, 0.2) is 0 Å². The summed E-state index contributed by atoms with van der Waals surface area (Å²) in [6.45, 7) is 0.586. The molecule has 2 heterocycles. The number of hydrogen-bond acceptors (Lipinski definition) is 7. The SMILES string of the molecule is COc1nc(NC2CCN(S(=O)(=O)c3ccc(C(=O)O)cc3)CC2)c2cc(C(c3ccc(Cl)cc3)c3ccc(Cl)cc3)ccc2n1. The number of rotatable bonds is 9. The molecule has 6 rings (SSSR count). The Morgan fingerprint density at radius 2 is 1.43 bits per heavy atom. The van der Waals surface area contributed by atoms with Crippen LogP contribution in [0.3, 0.4) is 0 Å². The number of nitrogens with zero attached hydrogens (tertiary/aromatic N) is 3. The van der Waals surface area contributed by atoms with E-state index < -0.39 is 16.0 Å². The third-order valence-electron chi connectivity index (χ3n) is 8.16. The average molecular weight is 678 g/mol. The minimum absolute atomic E-state index is 0.0326. The number of carboxylic acids is 1. The molecule has 0 amide bonds. The Hall–Kier alpha value is -4.22. The Morgan fingerprint density at radius 3 is 1.98 bits per heavy atom. The molecule has 2 N–H and O–H groups in total. The molecule has 0 bridgehead atoms. The number of piperidine rings is 1. The second-order valence-corrected chi connectivity index (χ2v) is 13.8. The zero-order valence-corrected chi connectivity index (χ0v) is 27.1. The normalized spacial score (nSPS) is 14.4. The first kappa shape index (κ1) is 31.7. The lowest BCUT2D eigenvalue weighted by molar-refractivity contribution is 0.0696. The van der Waals surface area contributed by atoms with Gasteiger partial charge >= 0.3 is 12.0 Å². The van der Waals surface area contributed by atoms with Crippen LogP contribution in [-0.4, -0.2) is 60.0 Å². The lowest BCUT2D eigenvalue weighted by Crippen LogP contribution is -2.42. The van der Waals surface area contributed by atoms with E-state index in [-0.39, 0.29) is 28.4 Å². The van der Waals surface area contributed by atoms with Gasteiger partial charge in [0.2, 0.25) is 10.0 Å². The van der Waals surface area contributed by atoms with E-state index >= 15 is 0 Å². The molecule has 1 aliphatic rings. The van der Waals surface area contributed by atoms with Gasteiger partial charge in [-0.05, 0) is 90.2 Å². The van der Waals surface area contributed by atoms with Gasteiger partial charge in [-0.3, -0.25) is 0 Å². The van der Waals surface area contributed by atoms with E-state index in [9.17, 15) is 13.2 Å². The maximum absolute atomic E-state index is 13.3. The fourth-order valence-corrected chi connectivity index (χ4v) is 7.47. The van der Waals surface area contributed by atoms with Gasteiger partial charge in [-0.25, -0.2) is 13.2 Å². The number of benzene rings is 4. The van der Waals surface area contributed by atoms with Gasteiger partial charge in [0.05, 0.1) is 23.1 Å². The molecule has 0 saturated carbocycles. The molecule has 0 atom stereocenters. The lowest BCUT2D eigenvalue weighted by Gasteiger charge is -2.32. The van der Waals surface area contributed by atoms with Crippen molar-refractivity contribution in [3.05, 3.63) is 123 Å². The highest BCUT2D eigenvalue weighted by molar-refractivity contribution is 7.89. The number of aromatic nitrogens is 2. The van der Waals surface area contributed by atoms with Gasteiger partial charge in [0, 0.05) is 40.5 Å². The van der Waals surface area contributed by atoms with Gasteiger partial charge in [0.25, 0.3) is 0 Å². The third-order valence-corrected chi connectivity index (χ3v) is 10.6. The molecule has 1 saturated heterocycles. The molecular weight excluding hydrogens is 647 g/mol. The van der Waals surface area contributed by atoms with Crippen molar-refractivity contribution in [1.82, 2.24) is 14.3 Å². The van der Waals surface area contributed by atoms with Crippen LogP contribution in [0.5, 0.6) is 6.01 Å². The Labute approximate surface area is 276 Å². The summed E-state index contributed by atoms with van der Waals surface area (Å²) in [5, 5.41) is 14.8. The van der Waals surface area contributed by atoms with Crippen molar-refractivity contribution in [1.29, 1.82) is 0 Å². The van der Waals surface area contributed by atoms with Crippen LogP contribution in [0.25, 0.3) is 10.9 Å². The number of fused-ring (bicyclic) bond motifs is 1. The number of carbonyl (C=O) groups is 1. The van der Waals surface area contributed by atoms with Crippen LogP contribution in [0.1, 0.15) is 45.8 Å². The number of nitrogens with one attached hydrogen (secondary N) is 1. The molecule has 46 heavy (non-hydrogen) atoms. The molecule has 1 aromatic heterocycles. The van der Waals surface area contributed by atoms with Crippen molar-refractivity contribution >= 4 is 55.9 Å². The second kappa shape index (κ2) is 13.3. The highest BCUT2D eigenvalue weighted by atomic mass is 35.5. The number of methoxy groups -OCH3 is 1. The number of aromatic carboxylic acids is 1. The van der Waals surface area contributed by atoms with Crippen molar-refractivity contribution in [2.24, 2.45) is 0 Å². The molecule has 0 aliphatic carbocycles. The van der Waals surface area contributed by atoms with Crippen LogP contribution in [0.15, 0.2) is 95.9 Å². The second-order valence-electron chi connectivity index (χ2n) is 11.0.